The van der Waals surface area contributed by atoms with Gasteiger partial charge in [0.2, 0.25) is 0 Å². The molecule has 0 aromatic heterocycles. The van der Waals surface area contributed by atoms with Gasteiger partial charge in [-0.15, -0.1) is 0 Å². The Balaban J connectivity index is 3.98. The molecular weight excluding hydrogens is 126 g/mol. The fourth-order valence-electron chi connectivity index (χ4n) is 0.940. The molecule has 3 nitrogen and oxygen atoms in total. The van der Waals surface area contributed by atoms with Crippen molar-refractivity contribution in [2.45, 2.75) is 39.8 Å². The molecule has 0 saturated heterocycles. The summed E-state index contributed by atoms with van der Waals surface area (Å²) < 4.78 is 0. The summed E-state index contributed by atoms with van der Waals surface area (Å²) in [5.74, 6) is 5.03. The lowest BCUT2D eigenvalue weighted by Crippen LogP contribution is -2.35. The number of hydrazone groups is 1. The smallest absolute Gasteiger partial charge is 0.111 e. The zero-order chi connectivity index (χ0) is 8.15. The lowest BCUT2D eigenvalue weighted by atomic mass is 10.2. The first-order valence-corrected chi connectivity index (χ1v) is 3.60. The number of hydrogen-bond donors (Lipinski definition) is 1. The summed E-state index contributed by atoms with van der Waals surface area (Å²) in [6, 6.07) is 0.930. The Bertz CT molecular complexity index is 99.4. The van der Waals surface area contributed by atoms with E-state index >= 15 is 0 Å². The third-order valence-corrected chi connectivity index (χ3v) is 1.39. The molecule has 0 atom stereocenters. The maximum absolute atomic E-state index is 5.03. The molecule has 0 bridgehead atoms. The van der Waals surface area contributed by atoms with Crippen molar-refractivity contribution in [2.24, 2.45) is 10.9 Å². The van der Waals surface area contributed by atoms with Gasteiger partial charge in [-0.2, -0.15) is 5.10 Å². The lowest BCUT2D eigenvalue weighted by Gasteiger charge is -2.27. The first kappa shape index (κ1) is 9.27. The van der Waals surface area contributed by atoms with Crippen LogP contribution in [0.5, 0.6) is 0 Å². The van der Waals surface area contributed by atoms with Crippen LogP contribution in [0.2, 0.25) is 0 Å². The third kappa shape index (κ3) is 2.71. The Kier molecular flexibility index (Phi) is 3.84. The first-order valence-electron chi connectivity index (χ1n) is 3.60. The molecule has 2 N–H and O–H groups in total. The lowest BCUT2D eigenvalue weighted by molar-refractivity contribution is 0.301. The van der Waals surface area contributed by atoms with E-state index in [0.29, 0.717) is 12.1 Å². The average Bonchev–Trinajstić information content (AvgIpc) is 1.81. The van der Waals surface area contributed by atoms with Crippen molar-refractivity contribution < 1.29 is 0 Å². The fourth-order valence-corrected chi connectivity index (χ4v) is 0.940. The van der Waals surface area contributed by atoms with Crippen LogP contribution in [0.4, 0.5) is 0 Å². The van der Waals surface area contributed by atoms with Gasteiger partial charge in [-0.1, -0.05) is 0 Å². The second-order valence-corrected chi connectivity index (χ2v) is 2.90. The van der Waals surface area contributed by atoms with Crippen LogP contribution in [-0.2, 0) is 0 Å². The van der Waals surface area contributed by atoms with E-state index in [1.54, 1.807) is 6.34 Å². The quantitative estimate of drug-likeness (QED) is 0.277. The summed E-state index contributed by atoms with van der Waals surface area (Å²) in [6.45, 7) is 8.45. The minimum Gasteiger partial charge on any atom is -0.356 e. The number of nitrogens with two attached hydrogens (primary N) is 1. The Morgan fingerprint density at radius 1 is 1.20 bits per heavy atom. The van der Waals surface area contributed by atoms with E-state index in [4.69, 9.17) is 5.84 Å². The van der Waals surface area contributed by atoms with Gasteiger partial charge in [-0.25, -0.2) is 0 Å². The highest BCUT2D eigenvalue weighted by atomic mass is 15.3. The van der Waals surface area contributed by atoms with E-state index in [1.807, 2.05) is 0 Å². The molecule has 0 radical (unpaired) electrons. The van der Waals surface area contributed by atoms with Crippen LogP contribution in [0.3, 0.4) is 0 Å². The zero-order valence-corrected chi connectivity index (χ0v) is 7.20. The SMILES string of the molecule is CC(C)N(C=NN)C(C)C. The van der Waals surface area contributed by atoms with Crippen LogP contribution in [-0.4, -0.2) is 23.3 Å². The maximum Gasteiger partial charge on any atom is 0.111 e. The summed E-state index contributed by atoms with van der Waals surface area (Å²) in [4.78, 5) is 2.10. The maximum atomic E-state index is 5.03. The van der Waals surface area contributed by atoms with Crippen LogP contribution in [0.15, 0.2) is 5.10 Å². The van der Waals surface area contributed by atoms with Crippen molar-refractivity contribution in [1.29, 1.82) is 0 Å². The summed E-state index contributed by atoms with van der Waals surface area (Å²) in [5.41, 5.74) is 0. The highest BCUT2D eigenvalue weighted by Gasteiger charge is 2.07. The van der Waals surface area contributed by atoms with Gasteiger partial charge < -0.3 is 10.7 Å². The normalized spacial score (nSPS) is 11.8. The van der Waals surface area contributed by atoms with E-state index < -0.39 is 0 Å². The van der Waals surface area contributed by atoms with Gasteiger partial charge in [-0.05, 0) is 27.7 Å². The number of rotatable bonds is 3. The molecule has 60 valence electrons. The van der Waals surface area contributed by atoms with E-state index in [9.17, 15) is 0 Å². The Hall–Kier alpha value is -0.730. The van der Waals surface area contributed by atoms with Gasteiger partial charge in [0.15, 0.2) is 0 Å². The Labute approximate surface area is 62.9 Å². The fraction of sp³-hybridized carbons (Fsp3) is 0.857. The minimum absolute atomic E-state index is 0.465. The van der Waals surface area contributed by atoms with Crippen LogP contribution >= 0.6 is 0 Å². The van der Waals surface area contributed by atoms with Gasteiger partial charge in [-0.3, -0.25) is 0 Å². The van der Waals surface area contributed by atoms with Crippen molar-refractivity contribution >= 4 is 6.34 Å². The zero-order valence-electron chi connectivity index (χ0n) is 7.20. The molecule has 0 fully saturated rings. The van der Waals surface area contributed by atoms with Crippen LogP contribution in [0, 0.1) is 0 Å². The number of hydrogen-bond acceptors (Lipinski definition) is 2. The molecule has 0 aliphatic rings. The van der Waals surface area contributed by atoms with Gasteiger partial charge in [0, 0.05) is 12.1 Å². The van der Waals surface area contributed by atoms with Crippen LogP contribution < -0.4 is 5.84 Å². The highest BCUT2D eigenvalue weighted by molar-refractivity contribution is 5.55. The van der Waals surface area contributed by atoms with Crippen molar-refractivity contribution in [3.63, 3.8) is 0 Å². The molecule has 0 spiro atoms. The van der Waals surface area contributed by atoms with Crippen molar-refractivity contribution in [2.75, 3.05) is 0 Å². The van der Waals surface area contributed by atoms with E-state index in [2.05, 4.69) is 37.7 Å². The minimum atomic E-state index is 0.465. The second kappa shape index (κ2) is 4.14. The monoisotopic (exact) mass is 143 g/mol. The highest BCUT2D eigenvalue weighted by Crippen LogP contribution is 2.00. The van der Waals surface area contributed by atoms with Gasteiger partial charge in [0.1, 0.15) is 6.34 Å². The average molecular weight is 143 g/mol. The van der Waals surface area contributed by atoms with Gasteiger partial charge in [0.25, 0.3) is 0 Å². The van der Waals surface area contributed by atoms with E-state index in [1.165, 1.54) is 0 Å². The van der Waals surface area contributed by atoms with Crippen LogP contribution in [0.1, 0.15) is 27.7 Å². The van der Waals surface area contributed by atoms with Crippen LogP contribution in [0.25, 0.3) is 0 Å². The van der Waals surface area contributed by atoms with E-state index in [0.717, 1.165) is 0 Å². The predicted molar refractivity (Wildman–Crippen MR) is 44.8 cm³/mol. The molecule has 10 heavy (non-hydrogen) atoms. The molecule has 0 unspecified atom stereocenters. The van der Waals surface area contributed by atoms with Crippen molar-refractivity contribution in [3.05, 3.63) is 0 Å². The summed E-state index contributed by atoms with van der Waals surface area (Å²) in [5, 5.41) is 3.48. The Morgan fingerprint density at radius 3 is 1.70 bits per heavy atom. The molecule has 0 aromatic rings. The topological polar surface area (TPSA) is 41.6 Å². The molecule has 0 aliphatic heterocycles. The molecule has 0 amide bonds. The standard InChI is InChI=1S/C7H17N3/c1-6(2)10(5-9-8)7(3)4/h5-7H,8H2,1-4H3. The van der Waals surface area contributed by atoms with Crippen molar-refractivity contribution in [3.8, 4) is 0 Å². The van der Waals surface area contributed by atoms with Crippen molar-refractivity contribution in [1.82, 2.24) is 4.90 Å². The largest absolute Gasteiger partial charge is 0.356 e. The van der Waals surface area contributed by atoms with Gasteiger partial charge >= 0.3 is 0 Å². The summed E-state index contributed by atoms with van der Waals surface area (Å²) in [6.07, 6.45) is 1.68. The molecule has 0 heterocycles. The summed E-state index contributed by atoms with van der Waals surface area (Å²) in [7, 11) is 0. The molecule has 0 rings (SSSR count). The molecule has 0 aliphatic carbocycles. The molecule has 0 saturated carbocycles. The second-order valence-electron chi connectivity index (χ2n) is 2.90. The predicted octanol–water partition coefficient (Wildman–Crippen LogP) is 1.01. The third-order valence-electron chi connectivity index (χ3n) is 1.39. The van der Waals surface area contributed by atoms with E-state index in [-0.39, 0.29) is 0 Å². The summed E-state index contributed by atoms with van der Waals surface area (Å²) >= 11 is 0. The first-order chi connectivity index (χ1) is 4.59. The van der Waals surface area contributed by atoms with Gasteiger partial charge in [0.05, 0.1) is 0 Å². The molecule has 3 heteroatoms. The molecular formula is C7H17N3. The molecule has 0 aromatic carbocycles. The number of nitrogens with zero attached hydrogens (tertiary/aromatic N) is 2. The Morgan fingerprint density at radius 2 is 1.60 bits per heavy atom.